The molecule has 0 saturated heterocycles. The summed E-state index contributed by atoms with van der Waals surface area (Å²) in [7, 11) is 1.70. The van der Waals surface area contributed by atoms with Gasteiger partial charge in [-0.05, 0) is 25.2 Å². The van der Waals surface area contributed by atoms with Gasteiger partial charge in [0.05, 0.1) is 12.1 Å². The van der Waals surface area contributed by atoms with Gasteiger partial charge in [-0.1, -0.05) is 0 Å². The lowest BCUT2D eigenvalue weighted by Gasteiger charge is -2.04. The van der Waals surface area contributed by atoms with Crippen LogP contribution in [0.2, 0.25) is 0 Å². The van der Waals surface area contributed by atoms with Gasteiger partial charge in [-0.3, -0.25) is 0 Å². The van der Waals surface area contributed by atoms with Crippen LogP contribution in [0.3, 0.4) is 0 Å². The van der Waals surface area contributed by atoms with E-state index in [2.05, 4.69) is 10.3 Å². The normalized spacial score (nSPS) is 12.2. The number of aromatic nitrogens is 1. The molecule has 1 N–H and O–H groups in total. The van der Waals surface area contributed by atoms with Crippen molar-refractivity contribution >= 4 is 11.1 Å². The van der Waals surface area contributed by atoms with Crippen molar-refractivity contribution in [2.75, 3.05) is 7.05 Å². The van der Waals surface area contributed by atoms with Crippen LogP contribution in [0, 0.1) is 0 Å². The minimum absolute atomic E-state index is 0.222. The number of rotatable bonds is 2. The van der Waals surface area contributed by atoms with Gasteiger partial charge in [-0.2, -0.15) is 13.2 Å². The van der Waals surface area contributed by atoms with Crippen molar-refractivity contribution in [1.82, 2.24) is 10.3 Å². The summed E-state index contributed by atoms with van der Waals surface area (Å²) in [6, 6.07) is 3.25. The van der Waals surface area contributed by atoms with E-state index in [-0.39, 0.29) is 5.52 Å². The average Bonchev–Trinajstić information content (AvgIpc) is 2.57. The zero-order valence-electron chi connectivity index (χ0n) is 8.43. The van der Waals surface area contributed by atoms with E-state index in [0.717, 1.165) is 12.1 Å². The fourth-order valence-corrected chi connectivity index (χ4v) is 1.38. The maximum Gasteiger partial charge on any atom is 0.416 e. The summed E-state index contributed by atoms with van der Waals surface area (Å²) >= 11 is 0. The molecule has 0 aliphatic heterocycles. The highest BCUT2D eigenvalue weighted by atomic mass is 19.4. The first-order chi connectivity index (χ1) is 7.50. The summed E-state index contributed by atoms with van der Waals surface area (Å²) in [5.74, 6) is 0.372. The molecule has 3 nitrogen and oxygen atoms in total. The smallest absolute Gasteiger partial charge is 0.416 e. The summed E-state index contributed by atoms with van der Waals surface area (Å²) in [4.78, 5) is 3.95. The van der Waals surface area contributed by atoms with Crippen LogP contribution < -0.4 is 5.32 Å². The third-order valence-electron chi connectivity index (χ3n) is 2.09. The first-order valence-corrected chi connectivity index (χ1v) is 4.62. The molecule has 0 radical (unpaired) electrons. The number of nitrogens with one attached hydrogen (secondary N) is 1. The van der Waals surface area contributed by atoms with Crippen molar-refractivity contribution in [3.63, 3.8) is 0 Å². The molecule has 0 aliphatic carbocycles. The molecular weight excluding hydrogens is 221 g/mol. The van der Waals surface area contributed by atoms with Gasteiger partial charge >= 0.3 is 6.18 Å². The van der Waals surface area contributed by atoms with Crippen molar-refractivity contribution < 1.29 is 17.6 Å². The van der Waals surface area contributed by atoms with Crippen LogP contribution in [0.25, 0.3) is 11.1 Å². The van der Waals surface area contributed by atoms with E-state index < -0.39 is 11.7 Å². The third kappa shape index (κ3) is 2.01. The van der Waals surface area contributed by atoms with E-state index in [1.54, 1.807) is 7.05 Å². The van der Waals surface area contributed by atoms with Gasteiger partial charge in [-0.25, -0.2) is 4.98 Å². The number of hydrogen-bond donors (Lipinski definition) is 1. The first-order valence-electron chi connectivity index (χ1n) is 4.62. The zero-order valence-corrected chi connectivity index (χ0v) is 8.43. The third-order valence-corrected chi connectivity index (χ3v) is 2.09. The van der Waals surface area contributed by atoms with Crippen molar-refractivity contribution in [1.29, 1.82) is 0 Å². The number of nitrogens with zero attached hydrogens (tertiary/aromatic N) is 1. The molecule has 0 unspecified atom stereocenters. The molecule has 0 spiro atoms. The summed E-state index contributed by atoms with van der Waals surface area (Å²) in [5.41, 5.74) is -0.136. The van der Waals surface area contributed by atoms with E-state index in [9.17, 15) is 13.2 Å². The quantitative estimate of drug-likeness (QED) is 0.861. The Hall–Kier alpha value is -1.56. The Labute approximate surface area is 89.3 Å². The second-order valence-electron chi connectivity index (χ2n) is 3.32. The highest BCUT2D eigenvalue weighted by Crippen LogP contribution is 2.31. The minimum atomic E-state index is -4.35. The second-order valence-corrected chi connectivity index (χ2v) is 3.32. The van der Waals surface area contributed by atoms with Gasteiger partial charge < -0.3 is 9.73 Å². The number of oxazole rings is 1. The molecule has 0 fully saturated rings. The number of benzene rings is 1. The Morgan fingerprint density at radius 3 is 2.75 bits per heavy atom. The maximum atomic E-state index is 12.4. The number of fused-ring (bicyclic) bond motifs is 1. The number of alkyl halides is 3. The van der Waals surface area contributed by atoms with Crippen molar-refractivity contribution in [2.24, 2.45) is 0 Å². The molecule has 2 rings (SSSR count). The molecule has 0 atom stereocenters. The van der Waals surface area contributed by atoms with E-state index >= 15 is 0 Å². The Bertz CT molecular complexity index is 504. The first kappa shape index (κ1) is 10.9. The van der Waals surface area contributed by atoms with Crippen LogP contribution in [0.15, 0.2) is 22.6 Å². The molecule has 86 valence electrons. The standard InChI is InChI=1S/C10H9F3N2O/c1-14-5-9-15-7-4-6(10(11,12)13)2-3-8(7)16-9/h2-4,14H,5H2,1H3. The summed E-state index contributed by atoms with van der Waals surface area (Å²) < 4.78 is 42.4. The van der Waals surface area contributed by atoms with E-state index in [1.807, 2.05) is 0 Å². The van der Waals surface area contributed by atoms with Crippen LogP contribution in [0.5, 0.6) is 0 Å². The molecule has 2 aromatic rings. The van der Waals surface area contributed by atoms with E-state index in [4.69, 9.17) is 4.42 Å². The molecule has 1 aromatic heterocycles. The highest BCUT2D eigenvalue weighted by Gasteiger charge is 2.30. The van der Waals surface area contributed by atoms with Crippen molar-refractivity contribution in [3.8, 4) is 0 Å². The van der Waals surface area contributed by atoms with E-state index in [1.165, 1.54) is 6.07 Å². The van der Waals surface area contributed by atoms with Crippen molar-refractivity contribution in [3.05, 3.63) is 29.7 Å². The van der Waals surface area contributed by atoms with Gasteiger partial charge in [0, 0.05) is 0 Å². The highest BCUT2D eigenvalue weighted by molar-refractivity contribution is 5.73. The van der Waals surface area contributed by atoms with Gasteiger partial charge in [-0.15, -0.1) is 0 Å². The predicted octanol–water partition coefficient (Wildman–Crippen LogP) is 2.57. The molecule has 0 aliphatic rings. The average molecular weight is 230 g/mol. The number of hydrogen-bond acceptors (Lipinski definition) is 3. The zero-order chi connectivity index (χ0) is 11.8. The molecule has 6 heteroatoms. The van der Waals surface area contributed by atoms with E-state index in [0.29, 0.717) is 18.0 Å². The maximum absolute atomic E-state index is 12.4. The number of halogens is 3. The van der Waals surface area contributed by atoms with Gasteiger partial charge in [0.15, 0.2) is 5.58 Å². The predicted molar refractivity (Wildman–Crippen MR) is 51.8 cm³/mol. The lowest BCUT2D eigenvalue weighted by molar-refractivity contribution is -0.137. The van der Waals surface area contributed by atoms with Crippen LogP contribution >= 0.6 is 0 Å². The molecular formula is C10H9F3N2O. The Morgan fingerprint density at radius 2 is 2.12 bits per heavy atom. The summed E-state index contributed by atoms with van der Waals surface area (Å²) in [6.07, 6.45) is -4.35. The van der Waals surface area contributed by atoms with Crippen LogP contribution in [0.4, 0.5) is 13.2 Å². The molecule has 0 bridgehead atoms. The lowest BCUT2D eigenvalue weighted by Crippen LogP contribution is -2.05. The molecule has 0 saturated carbocycles. The van der Waals surface area contributed by atoms with Gasteiger partial charge in [0.25, 0.3) is 0 Å². The molecule has 0 amide bonds. The van der Waals surface area contributed by atoms with Crippen LogP contribution in [-0.4, -0.2) is 12.0 Å². The Morgan fingerprint density at radius 1 is 1.38 bits per heavy atom. The van der Waals surface area contributed by atoms with Crippen molar-refractivity contribution in [2.45, 2.75) is 12.7 Å². The second kappa shape index (κ2) is 3.79. The fourth-order valence-electron chi connectivity index (χ4n) is 1.38. The lowest BCUT2D eigenvalue weighted by atomic mass is 10.2. The van der Waals surface area contributed by atoms with Gasteiger partial charge in [0.2, 0.25) is 5.89 Å². The molecule has 1 aromatic carbocycles. The summed E-state index contributed by atoms with van der Waals surface area (Å²) in [6.45, 7) is 0.385. The Balaban J connectivity index is 2.46. The SMILES string of the molecule is CNCc1nc2cc(C(F)(F)F)ccc2o1. The monoisotopic (exact) mass is 230 g/mol. The largest absolute Gasteiger partial charge is 0.439 e. The fraction of sp³-hybridized carbons (Fsp3) is 0.300. The van der Waals surface area contributed by atoms with Crippen LogP contribution in [0.1, 0.15) is 11.5 Å². The summed E-state index contributed by atoms with van der Waals surface area (Å²) in [5, 5.41) is 2.81. The minimum Gasteiger partial charge on any atom is -0.439 e. The Kier molecular flexibility index (Phi) is 2.59. The molecule has 1 heterocycles. The molecule has 16 heavy (non-hydrogen) atoms. The topological polar surface area (TPSA) is 38.1 Å². The van der Waals surface area contributed by atoms with Crippen LogP contribution in [-0.2, 0) is 12.7 Å². The van der Waals surface area contributed by atoms with Gasteiger partial charge in [0.1, 0.15) is 5.52 Å².